The van der Waals surface area contributed by atoms with Gasteiger partial charge >= 0.3 is 0 Å². The largest absolute Gasteiger partial charge is 0.508 e. The summed E-state index contributed by atoms with van der Waals surface area (Å²) < 4.78 is 0.885. The molecule has 0 spiro atoms. The highest BCUT2D eigenvalue weighted by molar-refractivity contribution is 7.21. The molecule has 2 nitrogen and oxygen atoms in total. The van der Waals surface area contributed by atoms with E-state index in [4.69, 9.17) is 11.6 Å². The molecule has 0 unspecified atom stereocenters. The highest BCUT2D eigenvalue weighted by Gasteiger charge is 2.21. The van der Waals surface area contributed by atoms with Crippen molar-refractivity contribution in [3.05, 3.63) is 88.3 Å². The number of ketones is 1. The van der Waals surface area contributed by atoms with E-state index in [0.717, 1.165) is 21.2 Å². The first-order valence-electron chi connectivity index (χ1n) is 7.75. The zero-order valence-corrected chi connectivity index (χ0v) is 14.6. The molecule has 3 aromatic carbocycles. The second-order valence-electron chi connectivity index (χ2n) is 5.69. The van der Waals surface area contributed by atoms with E-state index in [9.17, 15) is 9.90 Å². The molecular weight excluding hydrogens is 352 g/mol. The summed E-state index contributed by atoms with van der Waals surface area (Å²) in [6, 6.07) is 22.0. The number of aromatic hydroxyl groups is 1. The van der Waals surface area contributed by atoms with Crippen molar-refractivity contribution in [3.63, 3.8) is 0 Å². The summed E-state index contributed by atoms with van der Waals surface area (Å²) in [5.41, 5.74) is 2.48. The molecule has 0 saturated heterocycles. The Morgan fingerprint density at radius 1 is 0.920 bits per heavy atom. The van der Waals surface area contributed by atoms with Crippen molar-refractivity contribution in [1.29, 1.82) is 0 Å². The number of hydrogen-bond donors (Lipinski definition) is 1. The van der Waals surface area contributed by atoms with Crippen LogP contribution in [0.15, 0.2) is 72.8 Å². The van der Waals surface area contributed by atoms with E-state index in [1.165, 1.54) is 11.3 Å². The van der Waals surface area contributed by atoms with Crippen LogP contribution in [0.3, 0.4) is 0 Å². The van der Waals surface area contributed by atoms with Gasteiger partial charge in [0.15, 0.2) is 0 Å². The molecule has 0 fully saturated rings. The molecule has 4 aromatic rings. The smallest absolute Gasteiger partial charge is 0.203 e. The lowest BCUT2D eigenvalue weighted by atomic mass is 9.98. The Hall–Kier alpha value is -2.62. The monoisotopic (exact) mass is 364 g/mol. The van der Waals surface area contributed by atoms with E-state index >= 15 is 0 Å². The van der Waals surface area contributed by atoms with Gasteiger partial charge < -0.3 is 5.11 Å². The number of thiophene rings is 1. The number of rotatable bonds is 3. The van der Waals surface area contributed by atoms with Gasteiger partial charge in [0.05, 0.1) is 4.88 Å². The van der Waals surface area contributed by atoms with Gasteiger partial charge in [-0.25, -0.2) is 0 Å². The zero-order valence-electron chi connectivity index (χ0n) is 13.1. The van der Waals surface area contributed by atoms with Crippen LogP contribution in [-0.2, 0) is 0 Å². The van der Waals surface area contributed by atoms with Crippen molar-refractivity contribution in [3.8, 4) is 16.9 Å². The predicted octanol–water partition coefficient (Wildman–Crippen LogP) is 6.16. The van der Waals surface area contributed by atoms with Gasteiger partial charge in [-0.15, -0.1) is 11.3 Å². The van der Waals surface area contributed by atoms with Crippen LogP contribution in [0.1, 0.15) is 15.2 Å². The fourth-order valence-corrected chi connectivity index (χ4v) is 4.22. The number of halogens is 1. The molecule has 0 aliphatic rings. The van der Waals surface area contributed by atoms with E-state index in [-0.39, 0.29) is 11.5 Å². The average molecular weight is 365 g/mol. The molecular formula is C21H13ClO2S. The van der Waals surface area contributed by atoms with Gasteiger partial charge in [-0.1, -0.05) is 41.9 Å². The number of carbonyl (C=O) groups is 1. The number of fused-ring (bicyclic) bond motifs is 1. The fraction of sp³-hybridized carbons (Fsp3) is 0. The number of phenolic OH excluding ortho intramolecular Hbond substituents is 1. The van der Waals surface area contributed by atoms with Gasteiger partial charge in [0.1, 0.15) is 5.75 Å². The maximum absolute atomic E-state index is 13.1. The van der Waals surface area contributed by atoms with Gasteiger partial charge in [0.2, 0.25) is 5.78 Å². The molecule has 0 saturated carbocycles. The summed E-state index contributed by atoms with van der Waals surface area (Å²) in [5, 5.41) is 11.4. The van der Waals surface area contributed by atoms with Crippen LogP contribution in [0.5, 0.6) is 5.75 Å². The summed E-state index contributed by atoms with van der Waals surface area (Å²) >= 11 is 7.33. The standard InChI is InChI=1S/C21H13ClO2S/c22-15-8-6-14(7-9-15)20(24)21-19(13-4-2-1-3-5-13)17-11-10-16(23)12-18(17)25-21/h1-12,23H. The summed E-state index contributed by atoms with van der Waals surface area (Å²) in [6.07, 6.45) is 0. The lowest BCUT2D eigenvalue weighted by Gasteiger charge is -2.05. The minimum absolute atomic E-state index is 0.0452. The topological polar surface area (TPSA) is 37.3 Å². The second-order valence-corrected chi connectivity index (χ2v) is 7.18. The highest BCUT2D eigenvalue weighted by Crippen LogP contribution is 2.41. The van der Waals surface area contributed by atoms with E-state index in [0.29, 0.717) is 15.5 Å². The molecule has 0 aliphatic heterocycles. The van der Waals surface area contributed by atoms with Crippen molar-refractivity contribution in [1.82, 2.24) is 0 Å². The van der Waals surface area contributed by atoms with Crippen LogP contribution in [0.25, 0.3) is 21.2 Å². The number of phenols is 1. The molecule has 1 heterocycles. The normalized spacial score (nSPS) is 10.9. The molecule has 1 aromatic heterocycles. The first-order valence-corrected chi connectivity index (χ1v) is 8.94. The summed E-state index contributed by atoms with van der Waals surface area (Å²) in [4.78, 5) is 13.8. The molecule has 0 amide bonds. The van der Waals surface area contributed by atoms with Crippen LogP contribution in [0, 0.1) is 0 Å². The highest BCUT2D eigenvalue weighted by atomic mass is 35.5. The third-order valence-electron chi connectivity index (χ3n) is 4.05. The summed E-state index contributed by atoms with van der Waals surface area (Å²) in [7, 11) is 0. The van der Waals surface area contributed by atoms with Crippen LogP contribution in [-0.4, -0.2) is 10.9 Å². The zero-order chi connectivity index (χ0) is 17.4. The second kappa shape index (κ2) is 6.36. The third-order valence-corrected chi connectivity index (χ3v) is 5.45. The molecule has 4 heteroatoms. The quantitative estimate of drug-likeness (QED) is 0.442. The molecule has 1 N–H and O–H groups in total. The molecule has 25 heavy (non-hydrogen) atoms. The summed E-state index contributed by atoms with van der Waals surface area (Å²) in [6.45, 7) is 0. The van der Waals surface area contributed by atoms with E-state index in [1.54, 1.807) is 36.4 Å². The van der Waals surface area contributed by atoms with Crippen LogP contribution >= 0.6 is 22.9 Å². The minimum atomic E-state index is -0.0452. The Kier molecular flexibility index (Phi) is 4.04. The van der Waals surface area contributed by atoms with Crippen LogP contribution in [0.2, 0.25) is 5.02 Å². The van der Waals surface area contributed by atoms with Gasteiger partial charge in [0.25, 0.3) is 0 Å². The van der Waals surface area contributed by atoms with Gasteiger partial charge in [0, 0.05) is 26.2 Å². The average Bonchev–Trinajstić information content (AvgIpc) is 3.01. The van der Waals surface area contributed by atoms with E-state index in [2.05, 4.69) is 0 Å². The van der Waals surface area contributed by atoms with Crippen molar-refractivity contribution in [2.24, 2.45) is 0 Å². The predicted molar refractivity (Wildman–Crippen MR) is 104 cm³/mol. The van der Waals surface area contributed by atoms with Crippen molar-refractivity contribution >= 4 is 38.8 Å². The lowest BCUT2D eigenvalue weighted by Crippen LogP contribution is -2.00. The van der Waals surface area contributed by atoms with Gasteiger partial charge in [-0.3, -0.25) is 4.79 Å². The third kappa shape index (κ3) is 2.93. The first-order chi connectivity index (χ1) is 12.1. The van der Waals surface area contributed by atoms with Crippen LogP contribution < -0.4 is 0 Å². The molecule has 0 atom stereocenters. The maximum Gasteiger partial charge on any atom is 0.203 e. The van der Waals surface area contributed by atoms with Crippen molar-refractivity contribution in [2.45, 2.75) is 0 Å². The Morgan fingerprint density at radius 2 is 1.64 bits per heavy atom. The van der Waals surface area contributed by atoms with Crippen molar-refractivity contribution < 1.29 is 9.90 Å². The van der Waals surface area contributed by atoms with Gasteiger partial charge in [-0.2, -0.15) is 0 Å². The minimum Gasteiger partial charge on any atom is -0.508 e. The Bertz CT molecular complexity index is 1070. The molecule has 0 aliphatic carbocycles. The Balaban J connectivity index is 1.96. The number of hydrogen-bond acceptors (Lipinski definition) is 3. The Morgan fingerprint density at radius 3 is 2.36 bits per heavy atom. The van der Waals surface area contributed by atoms with Crippen LogP contribution in [0.4, 0.5) is 0 Å². The SMILES string of the molecule is O=C(c1ccc(Cl)cc1)c1sc2cc(O)ccc2c1-c1ccccc1. The fourth-order valence-electron chi connectivity index (χ4n) is 2.87. The molecule has 122 valence electrons. The van der Waals surface area contributed by atoms with Crippen molar-refractivity contribution in [2.75, 3.05) is 0 Å². The van der Waals surface area contributed by atoms with E-state index in [1.807, 2.05) is 36.4 Å². The van der Waals surface area contributed by atoms with Gasteiger partial charge in [-0.05, 0) is 48.0 Å². The molecule has 4 rings (SSSR count). The summed E-state index contributed by atoms with van der Waals surface area (Å²) in [5.74, 6) is 0.148. The number of benzene rings is 3. The Labute approximate surface area is 153 Å². The molecule has 0 radical (unpaired) electrons. The van der Waals surface area contributed by atoms with E-state index < -0.39 is 0 Å². The first kappa shape index (κ1) is 15.9. The maximum atomic E-state index is 13.1. The molecule has 0 bridgehead atoms. The number of carbonyl (C=O) groups excluding carboxylic acids is 1. The lowest BCUT2D eigenvalue weighted by molar-refractivity contribution is 0.104.